The molecule has 19 heavy (non-hydrogen) atoms. The van der Waals surface area contributed by atoms with Gasteiger partial charge in [0.2, 0.25) is 0 Å². The zero-order chi connectivity index (χ0) is 14.2. The van der Waals surface area contributed by atoms with Crippen molar-refractivity contribution in [3.63, 3.8) is 0 Å². The first-order valence-electron chi connectivity index (χ1n) is 7.93. The van der Waals surface area contributed by atoms with Gasteiger partial charge in [-0.1, -0.05) is 27.2 Å². The molecule has 1 heterocycles. The molecule has 1 aliphatic heterocycles. The average Bonchev–Trinajstić information content (AvgIpc) is 2.70. The van der Waals surface area contributed by atoms with Crippen molar-refractivity contribution in [2.75, 3.05) is 0 Å². The highest BCUT2D eigenvalue weighted by Gasteiger charge is 2.68. The Morgan fingerprint density at radius 3 is 1.95 bits per heavy atom. The lowest BCUT2D eigenvalue weighted by molar-refractivity contribution is 0.00578. The molecular formula is C16H29BO2. The van der Waals surface area contributed by atoms with Gasteiger partial charge in [-0.25, -0.2) is 0 Å². The van der Waals surface area contributed by atoms with Crippen LogP contribution in [0.15, 0.2) is 0 Å². The van der Waals surface area contributed by atoms with Crippen LogP contribution in [0, 0.1) is 23.2 Å². The van der Waals surface area contributed by atoms with E-state index in [-0.39, 0.29) is 18.3 Å². The number of rotatable bonds is 1. The third kappa shape index (κ3) is 1.84. The summed E-state index contributed by atoms with van der Waals surface area (Å²) in [6, 6.07) is 0. The van der Waals surface area contributed by atoms with Gasteiger partial charge < -0.3 is 9.31 Å². The highest BCUT2D eigenvalue weighted by Crippen LogP contribution is 2.71. The van der Waals surface area contributed by atoms with Crippen molar-refractivity contribution in [3.8, 4) is 0 Å². The molecule has 0 bridgehead atoms. The fraction of sp³-hybridized carbons (Fsp3) is 1.00. The van der Waals surface area contributed by atoms with Crippen LogP contribution >= 0.6 is 0 Å². The van der Waals surface area contributed by atoms with E-state index >= 15 is 0 Å². The van der Waals surface area contributed by atoms with Crippen LogP contribution in [0.25, 0.3) is 0 Å². The lowest BCUT2D eigenvalue weighted by atomic mass is 9.59. The molecule has 3 rings (SSSR count). The third-order valence-corrected chi connectivity index (χ3v) is 6.73. The molecule has 3 aliphatic rings. The molecule has 3 fully saturated rings. The Labute approximate surface area is 118 Å². The summed E-state index contributed by atoms with van der Waals surface area (Å²) in [6.07, 6.45) is 2.73. The summed E-state index contributed by atoms with van der Waals surface area (Å²) in [7, 11) is -0.00502. The fourth-order valence-corrected chi connectivity index (χ4v) is 4.57. The van der Waals surface area contributed by atoms with Crippen molar-refractivity contribution in [3.05, 3.63) is 0 Å². The SMILES string of the molecule is C[C@H]1CC[C@@H]2[C@H]([C@@H]1B1OC(C)(C)C(C)(C)O1)C2(C)C. The molecule has 0 unspecified atom stereocenters. The van der Waals surface area contributed by atoms with Crippen LogP contribution in [0.2, 0.25) is 5.82 Å². The summed E-state index contributed by atoms with van der Waals surface area (Å²) in [5.41, 5.74) is 0.117. The topological polar surface area (TPSA) is 18.5 Å². The van der Waals surface area contributed by atoms with E-state index in [1.165, 1.54) is 12.8 Å². The minimum absolute atomic E-state index is 0.00502. The van der Waals surface area contributed by atoms with Crippen LogP contribution in [0.1, 0.15) is 61.3 Å². The minimum Gasteiger partial charge on any atom is -0.403 e. The van der Waals surface area contributed by atoms with Gasteiger partial charge in [0, 0.05) is 5.82 Å². The molecule has 0 radical (unpaired) electrons. The first-order valence-corrected chi connectivity index (χ1v) is 7.93. The van der Waals surface area contributed by atoms with E-state index in [0.717, 1.165) is 17.8 Å². The molecule has 2 aliphatic carbocycles. The van der Waals surface area contributed by atoms with Crippen LogP contribution in [0.5, 0.6) is 0 Å². The highest BCUT2D eigenvalue weighted by molar-refractivity contribution is 6.47. The zero-order valence-corrected chi connectivity index (χ0v) is 13.6. The number of hydrogen-bond acceptors (Lipinski definition) is 2. The fourth-order valence-electron chi connectivity index (χ4n) is 4.57. The average molecular weight is 264 g/mol. The largest absolute Gasteiger partial charge is 0.461 e. The van der Waals surface area contributed by atoms with Gasteiger partial charge in [0.1, 0.15) is 0 Å². The minimum atomic E-state index is -0.191. The van der Waals surface area contributed by atoms with Gasteiger partial charge >= 0.3 is 7.12 Å². The van der Waals surface area contributed by atoms with Gasteiger partial charge in [0.05, 0.1) is 11.2 Å². The Morgan fingerprint density at radius 2 is 1.42 bits per heavy atom. The molecule has 2 saturated carbocycles. The number of fused-ring (bicyclic) bond motifs is 1. The molecule has 0 aromatic heterocycles. The summed E-state index contributed by atoms with van der Waals surface area (Å²) in [4.78, 5) is 0. The molecule has 3 heteroatoms. The monoisotopic (exact) mass is 264 g/mol. The maximum absolute atomic E-state index is 6.34. The molecule has 0 aromatic rings. The third-order valence-electron chi connectivity index (χ3n) is 6.73. The van der Waals surface area contributed by atoms with Crippen LogP contribution in [0.4, 0.5) is 0 Å². The summed E-state index contributed by atoms with van der Waals surface area (Å²) < 4.78 is 12.7. The molecule has 1 saturated heterocycles. The van der Waals surface area contributed by atoms with Crippen LogP contribution in [-0.4, -0.2) is 18.3 Å². The van der Waals surface area contributed by atoms with E-state index in [1.807, 2.05) is 0 Å². The number of hydrogen-bond donors (Lipinski definition) is 0. The molecule has 4 atom stereocenters. The molecule has 2 nitrogen and oxygen atoms in total. The normalized spacial score (nSPS) is 45.9. The zero-order valence-electron chi connectivity index (χ0n) is 13.6. The summed E-state index contributed by atoms with van der Waals surface area (Å²) in [5.74, 6) is 2.99. The summed E-state index contributed by atoms with van der Waals surface area (Å²) in [6.45, 7) is 15.9. The van der Waals surface area contributed by atoms with E-state index < -0.39 is 0 Å². The van der Waals surface area contributed by atoms with Gasteiger partial charge in [-0.2, -0.15) is 0 Å². The van der Waals surface area contributed by atoms with Crippen LogP contribution < -0.4 is 0 Å². The van der Waals surface area contributed by atoms with Crippen LogP contribution in [-0.2, 0) is 9.31 Å². The molecule has 0 aromatic carbocycles. The van der Waals surface area contributed by atoms with Gasteiger partial charge in [-0.3, -0.25) is 0 Å². The maximum atomic E-state index is 6.34. The Morgan fingerprint density at radius 1 is 0.895 bits per heavy atom. The molecule has 0 spiro atoms. The maximum Gasteiger partial charge on any atom is 0.461 e. The Kier molecular flexibility index (Phi) is 2.78. The molecular weight excluding hydrogens is 235 g/mol. The highest BCUT2D eigenvalue weighted by atomic mass is 16.7. The predicted octanol–water partition coefficient (Wildman–Crippen LogP) is 4.15. The Hall–Kier alpha value is -0.0151. The van der Waals surface area contributed by atoms with Crippen LogP contribution in [0.3, 0.4) is 0 Å². The standard InChI is InChI=1S/C16H29BO2/c1-10-8-9-11-12(14(11,2)3)13(10)17-18-15(4,5)16(6,7)19-17/h10-13H,8-9H2,1-7H3/t10-,11+,12+,13+/m0/s1. The quantitative estimate of drug-likeness (QED) is 0.662. The summed E-state index contributed by atoms with van der Waals surface area (Å²) >= 11 is 0. The van der Waals surface area contributed by atoms with Crippen molar-refractivity contribution in [1.29, 1.82) is 0 Å². The van der Waals surface area contributed by atoms with Crippen molar-refractivity contribution in [2.45, 2.75) is 78.3 Å². The van der Waals surface area contributed by atoms with E-state index in [2.05, 4.69) is 48.5 Å². The van der Waals surface area contributed by atoms with Crippen molar-refractivity contribution >= 4 is 7.12 Å². The van der Waals surface area contributed by atoms with E-state index in [9.17, 15) is 0 Å². The second-order valence-corrected chi connectivity index (χ2v) is 8.71. The van der Waals surface area contributed by atoms with E-state index in [4.69, 9.17) is 9.31 Å². The van der Waals surface area contributed by atoms with E-state index in [0.29, 0.717) is 11.2 Å². The van der Waals surface area contributed by atoms with Gasteiger partial charge in [0.15, 0.2) is 0 Å². The molecule has 108 valence electrons. The smallest absolute Gasteiger partial charge is 0.403 e. The van der Waals surface area contributed by atoms with Crippen molar-refractivity contribution in [2.24, 2.45) is 23.2 Å². The predicted molar refractivity (Wildman–Crippen MR) is 79.0 cm³/mol. The van der Waals surface area contributed by atoms with Crippen molar-refractivity contribution < 1.29 is 9.31 Å². The Balaban J connectivity index is 1.83. The van der Waals surface area contributed by atoms with E-state index in [1.54, 1.807) is 0 Å². The summed E-state index contributed by atoms with van der Waals surface area (Å²) in [5, 5.41) is 0. The second-order valence-electron chi connectivity index (χ2n) is 8.71. The molecule has 0 amide bonds. The first kappa shape index (κ1) is 13.9. The van der Waals surface area contributed by atoms with Gasteiger partial charge in [0.25, 0.3) is 0 Å². The van der Waals surface area contributed by atoms with Crippen molar-refractivity contribution in [1.82, 2.24) is 0 Å². The molecule has 0 N–H and O–H groups in total. The van der Waals surface area contributed by atoms with Gasteiger partial charge in [-0.15, -0.1) is 0 Å². The lowest BCUT2D eigenvalue weighted by Crippen LogP contribution is -2.41. The first-order chi connectivity index (χ1) is 8.58. The van der Waals surface area contributed by atoms with Gasteiger partial charge in [-0.05, 0) is 57.3 Å². The lowest BCUT2D eigenvalue weighted by Gasteiger charge is -2.32. The Bertz CT molecular complexity index is 372. The second kappa shape index (κ2) is 3.79.